The Hall–Kier alpha value is -1.72. The molecule has 1 amide bonds. The number of nitrogens with zero attached hydrogens (tertiary/aromatic N) is 1. The quantitative estimate of drug-likeness (QED) is 0.874. The van der Waals surface area contributed by atoms with E-state index in [1.165, 1.54) is 6.07 Å². The summed E-state index contributed by atoms with van der Waals surface area (Å²) >= 11 is 0. The van der Waals surface area contributed by atoms with Crippen molar-refractivity contribution in [3.63, 3.8) is 0 Å². The van der Waals surface area contributed by atoms with Crippen molar-refractivity contribution in [1.82, 2.24) is 0 Å². The summed E-state index contributed by atoms with van der Waals surface area (Å²) in [5, 5.41) is 2.66. The van der Waals surface area contributed by atoms with Gasteiger partial charge in [-0.1, -0.05) is 26.7 Å². The number of hydrogen-bond acceptors (Lipinski definition) is 2. The maximum Gasteiger partial charge on any atom is 0.416 e. The molecule has 0 spiro atoms. The van der Waals surface area contributed by atoms with Crippen LogP contribution in [0.1, 0.15) is 45.1 Å². The molecule has 1 N–H and O–H groups in total. The smallest absolute Gasteiger partial charge is 0.370 e. The Bertz CT molecular complexity index is 547. The maximum absolute atomic E-state index is 13.0. The van der Waals surface area contributed by atoms with Gasteiger partial charge in [0.15, 0.2) is 0 Å². The fraction of sp³-hybridized carbons (Fsp3) is 0.588. The third-order valence-electron chi connectivity index (χ3n) is 4.05. The summed E-state index contributed by atoms with van der Waals surface area (Å²) in [6.07, 6.45) is -0.137. The molecule has 1 aliphatic rings. The highest BCUT2D eigenvalue weighted by atomic mass is 19.4. The molecule has 23 heavy (non-hydrogen) atoms. The molecular weight excluding hydrogens is 305 g/mol. The molecular formula is C17H23F3N2O. The second-order valence-corrected chi connectivity index (χ2v) is 6.27. The minimum absolute atomic E-state index is 0.250. The number of rotatable bonds is 3. The summed E-state index contributed by atoms with van der Waals surface area (Å²) in [4.78, 5) is 14.0. The van der Waals surface area contributed by atoms with Crippen molar-refractivity contribution >= 4 is 17.3 Å². The van der Waals surface area contributed by atoms with E-state index in [4.69, 9.17) is 0 Å². The second kappa shape index (κ2) is 7.23. The van der Waals surface area contributed by atoms with Crippen LogP contribution in [0.2, 0.25) is 0 Å². The molecule has 1 fully saturated rings. The Labute approximate surface area is 134 Å². The van der Waals surface area contributed by atoms with Crippen LogP contribution in [-0.2, 0) is 11.0 Å². The van der Waals surface area contributed by atoms with Crippen molar-refractivity contribution in [1.29, 1.82) is 0 Å². The van der Waals surface area contributed by atoms with Gasteiger partial charge in [0.05, 0.1) is 16.9 Å². The topological polar surface area (TPSA) is 32.3 Å². The highest BCUT2D eigenvalue weighted by Crippen LogP contribution is 2.36. The molecule has 1 aliphatic heterocycles. The zero-order chi connectivity index (χ0) is 17.0. The summed E-state index contributed by atoms with van der Waals surface area (Å²) in [5.41, 5.74) is 0.185. The summed E-state index contributed by atoms with van der Waals surface area (Å²) in [7, 11) is 0. The summed E-state index contributed by atoms with van der Waals surface area (Å²) in [6.45, 7) is 5.04. The van der Waals surface area contributed by atoms with Crippen molar-refractivity contribution in [2.45, 2.75) is 45.7 Å². The molecule has 6 heteroatoms. The van der Waals surface area contributed by atoms with Gasteiger partial charge in [-0.3, -0.25) is 4.79 Å². The van der Waals surface area contributed by atoms with Crippen molar-refractivity contribution in [3.05, 3.63) is 23.8 Å². The van der Waals surface area contributed by atoms with E-state index < -0.39 is 11.7 Å². The highest BCUT2D eigenvalue weighted by Gasteiger charge is 2.31. The van der Waals surface area contributed by atoms with Gasteiger partial charge < -0.3 is 10.2 Å². The Morgan fingerprint density at radius 1 is 1.13 bits per heavy atom. The molecule has 0 saturated carbocycles. The number of alkyl halides is 3. The zero-order valence-electron chi connectivity index (χ0n) is 13.5. The number of benzene rings is 1. The number of halogens is 3. The van der Waals surface area contributed by atoms with E-state index in [2.05, 4.69) is 10.2 Å². The molecule has 0 unspecified atom stereocenters. The van der Waals surface area contributed by atoms with Crippen LogP contribution in [-0.4, -0.2) is 19.0 Å². The van der Waals surface area contributed by atoms with Crippen molar-refractivity contribution in [2.75, 3.05) is 23.3 Å². The lowest BCUT2D eigenvalue weighted by Crippen LogP contribution is -2.27. The van der Waals surface area contributed by atoms with E-state index in [1.54, 1.807) is 13.8 Å². The first-order valence-corrected chi connectivity index (χ1v) is 8.06. The van der Waals surface area contributed by atoms with Crippen LogP contribution >= 0.6 is 0 Å². The van der Waals surface area contributed by atoms with E-state index in [1.807, 2.05) is 0 Å². The van der Waals surface area contributed by atoms with Gasteiger partial charge in [0.25, 0.3) is 0 Å². The predicted molar refractivity (Wildman–Crippen MR) is 85.6 cm³/mol. The molecule has 0 aliphatic carbocycles. The van der Waals surface area contributed by atoms with E-state index in [-0.39, 0.29) is 17.5 Å². The lowest BCUT2D eigenvalue weighted by Gasteiger charge is -2.26. The molecule has 1 aromatic rings. The van der Waals surface area contributed by atoms with Crippen LogP contribution in [0, 0.1) is 5.92 Å². The molecule has 0 atom stereocenters. The molecule has 2 rings (SSSR count). The van der Waals surface area contributed by atoms with Gasteiger partial charge in [0.2, 0.25) is 5.91 Å². The zero-order valence-corrected chi connectivity index (χ0v) is 13.5. The van der Waals surface area contributed by atoms with E-state index in [0.29, 0.717) is 5.69 Å². The van der Waals surface area contributed by atoms with Gasteiger partial charge in [-0.05, 0) is 31.0 Å². The molecule has 1 saturated heterocycles. The van der Waals surface area contributed by atoms with Gasteiger partial charge >= 0.3 is 6.18 Å². The number of carbonyl (C=O) groups excluding carboxylic acids is 1. The first-order valence-electron chi connectivity index (χ1n) is 8.06. The average Bonchev–Trinajstić information content (AvgIpc) is 2.75. The molecule has 0 radical (unpaired) electrons. The largest absolute Gasteiger partial charge is 0.416 e. The molecule has 1 heterocycles. The normalized spacial score (nSPS) is 16.3. The minimum Gasteiger partial charge on any atom is -0.370 e. The van der Waals surface area contributed by atoms with E-state index in [0.717, 1.165) is 50.9 Å². The van der Waals surface area contributed by atoms with Crippen LogP contribution < -0.4 is 10.2 Å². The van der Waals surface area contributed by atoms with Crippen LogP contribution in [0.15, 0.2) is 18.2 Å². The molecule has 1 aromatic carbocycles. The number of nitrogens with one attached hydrogen (secondary N) is 1. The van der Waals surface area contributed by atoms with Gasteiger partial charge in [-0.2, -0.15) is 13.2 Å². The third kappa shape index (κ3) is 4.62. The summed E-state index contributed by atoms with van der Waals surface area (Å²) < 4.78 is 38.9. The lowest BCUT2D eigenvalue weighted by molar-refractivity contribution is -0.137. The van der Waals surface area contributed by atoms with Crippen LogP contribution in [0.5, 0.6) is 0 Å². The molecule has 3 nitrogen and oxygen atoms in total. The molecule has 128 valence electrons. The average molecular weight is 328 g/mol. The third-order valence-corrected chi connectivity index (χ3v) is 4.05. The molecule has 0 bridgehead atoms. The highest BCUT2D eigenvalue weighted by molar-refractivity contribution is 5.95. The summed E-state index contributed by atoms with van der Waals surface area (Å²) in [6, 6.07) is 3.61. The van der Waals surface area contributed by atoms with Gasteiger partial charge in [-0.25, -0.2) is 0 Å². The van der Waals surface area contributed by atoms with Gasteiger partial charge in [0.1, 0.15) is 0 Å². The molecule has 0 aromatic heterocycles. The Morgan fingerprint density at radius 2 is 1.74 bits per heavy atom. The van der Waals surface area contributed by atoms with Crippen LogP contribution in [0.3, 0.4) is 0 Å². The Morgan fingerprint density at radius 3 is 2.26 bits per heavy atom. The van der Waals surface area contributed by atoms with Gasteiger partial charge in [-0.15, -0.1) is 0 Å². The number of amides is 1. The Kier molecular flexibility index (Phi) is 5.55. The minimum atomic E-state index is -4.42. The number of anilines is 2. The van der Waals surface area contributed by atoms with Gasteiger partial charge in [0, 0.05) is 19.0 Å². The van der Waals surface area contributed by atoms with Crippen LogP contribution in [0.25, 0.3) is 0 Å². The van der Waals surface area contributed by atoms with Crippen molar-refractivity contribution in [2.24, 2.45) is 5.92 Å². The Balaban J connectivity index is 2.37. The SMILES string of the molecule is CC(C)C(=O)Nc1cc(C(F)(F)F)ccc1N1CCCCCC1. The monoisotopic (exact) mass is 328 g/mol. The fourth-order valence-corrected chi connectivity index (χ4v) is 2.68. The van der Waals surface area contributed by atoms with E-state index in [9.17, 15) is 18.0 Å². The number of hydrogen-bond donors (Lipinski definition) is 1. The maximum atomic E-state index is 13.0. The fourth-order valence-electron chi connectivity index (χ4n) is 2.68. The lowest BCUT2D eigenvalue weighted by atomic mass is 10.1. The standard InChI is InChI=1S/C17H23F3N2O/c1-12(2)16(23)21-14-11-13(17(18,19)20)7-8-15(14)22-9-5-3-4-6-10-22/h7-8,11-12H,3-6,9-10H2,1-2H3,(H,21,23). The first kappa shape index (κ1) is 17.6. The first-order chi connectivity index (χ1) is 10.8. The number of carbonyl (C=O) groups is 1. The van der Waals surface area contributed by atoms with Crippen LogP contribution in [0.4, 0.5) is 24.5 Å². The second-order valence-electron chi connectivity index (χ2n) is 6.27. The predicted octanol–water partition coefficient (Wildman–Crippen LogP) is 4.68. The van der Waals surface area contributed by atoms with E-state index >= 15 is 0 Å². The van der Waals surface area contributed by atoms with Crippen molar-refractivity contribution in [3.8, 4) is 0 Å². The summed E-state index contributed by atoms with van der Waals surface area (Å²) in [5.74, 6) is -0.568. The van der Waals surface area contributed by atoms with Crippen molar-refractivity contribution < 1.29 is 18.0 Å².